The first-order valence-corrected chi connectivity index (χ1v) is 6.84. The van der Waals surface area contributed by atoms with Crippen LogP contribution in [0.5, 0.6) is 0 Å². The van der Waals surface area contributed by atoms with Crippen LogP contribution in [0.4, 0.5) is 0 Å². The van der Waals surface area contributed by atoms with Gasteiger partial charge in [-0.1, -0.05) is 6.08 Å². The zero-order valence-corrected chi connectivity index (χ0v) is 12.1. The summed E-state index contributed by atoms with van der Waals surface area (Å²) in [5.41, 5.74) is 0.894. The van der Waals surface area contributed by atoms with Crippen molar-refractivity contribution in [1.82, 2.24) is 0 Å². The molecule has 0 amide bonds. The predicted molar refractivity (Wildman–Crippen MR) is 80.7 cm³/mol. The average Bonchev–Trinajstić information content (AvgIpc) is 2.54. The Kier molecular flexibility index (Phi) is 3.57. The quantitative estimate of drug-likeness (QED) is 0.437. The summed E-state index contributed by atoms with van der Waals surface area (Å²) in [7, 11) is 0. The Balaban J connectivity index is 1.97. The second-order valence-corrected chi connectivity index (χ2v) is 4.86. The van der Waals surface area contributed by atoms with Crippen LogP contribution in [0, 0.1) is 10.1 Å². The number of esters is 1. The van der Waals surface area contributed by atoms with E-state index < -0.39 is 28.4 Å². The highest BCUT2D eigenvalue weighted by atomic mass is 16.6. The van der Waals surface area contributed by atoms with E-state index in [9.17, 15) is 19.7 Å². The zero-order valence-electron chi connectivity index (χ0n) is 12.1. The fourth-order valence-corrected chi connectivity index (χ4v) is 2.43. The molecule has 0 aromatic heterocycles. The molecule has 0 bridgehead atoms. The average molecular weight is 313 g/mol. The van der Waals surface area contributed by atoms with Gasteiger partial charge in [0.15, 0.2) is 0 Å². The third kappa shape index (κ3) is 2.44. The molecule has 0 radical (unpaired) electrons. The van der Waals surface area contributed by atoms with E-state index in [0.717, 1.165) is 6.20 Å². The lowest BCUT2D eigenvalue weighted by Crippen LogP contribution is -2.34. The van der Waals surface area contributed by atoms with Gasteiger partial charge in [-0.05, 0) is 24.6 Å². The topological polar surface area (TPSA) is 111 Å². The summed E-state index contributed by atoms with van der Waals surface area (Å²) in [6, 6.07) is -0.554. The fourth-order valence-electron chi connectivity index (χ4n) is 2.43. The number of carbonyl (C=O) groups is 2. The van der Waals surface area contributed by atoms with E-state index in [0.29, 0.717) is 16.9 Å². The largest absolute Gasteiger partial charge is 0.462 e. The van der Waals surface area contributed by atoms with Crippen LogP contribution in [-0.2, 0) is 14.3 Å². The minimum absolute atomic E-state index is 0.151. The summed E-state index contributed by atoms with van der Waals surface area (Å²) in [5, 5.41) is 10.8. The number of ketones is 1. The number of aliphatic imine (C=N–C) groups is 2. The summed E-state index contributed by atoms with van der Waals surface area (Å²) in [5.74, 6) is -1.17. The van der Waals surface area contributed by atoms with Crippen molar-refractivity contribution < 1.29 is 19.2 Å². The first-order valence-electron chi connectivity index (χ1n) is 6.84. The van der Waals surface area contributed by atoms with Gasteiger partial charge in [-0.2, -0.15) is 0 Å². The number of ether oxygens (including phenoxy) is 1. The number of nitro groups is 1. The van der Waals surface area contributed by atoms with Gasteiger partial charge in [0.25, 0.3) is 5.78 Å². The van der Waals surface area contributed by atoms with Gasteiger partial charge in [0.05, 0.1) is 28.4 Å². The predicted octanol–water partition coefficient (Wildman–Crippen LogP) is 0.937. The summed E-state index contributed by atoms with van der Waals surface area (Å²) < 4.78 is 4.92. The molecule has 2 aliphatic heterocycles. The number of Topliss-reactive ketones (excluding diaryl/α,β-unsaturated/α-hetero) is 1. The second kappa shape index (κ2) is 5.56. The third-order valence-electron chi connectivity index (χ3n) is 3.49. The number of hydrogen-bond donors (Lipinski definition) is 0. The number of allylic oxidation sites excluding steroid dienone is 3. The van der Waals surface area contributed by atoms with Gasteiger partial charge in [0.1, 0.15) is 12.2 Å². The summed E-state index contributed by atoms with van der Waals surface area (Å²) in [4.78, 5) is 42.2. The van der Waals surface area contributed by atoms with Crippen molar-refractivity contribution in [1.29, 1.82) is 0 Å². The smallest absolute Gasteiger partial charge is 0.339 e. The monoisotopic (exact) mass is 313 g/mol. The fraction of sp³-hybridized carbons (Fsp3) is 0.200. The van der Waals surface area contributed by atoms with E-state index >= 15 is 0 Å². The van der Waals surface area contributed by atoms with Gasteiger partial charge in [-0.15, -0.1) is 0 Å². The van der Waals surface area contributed by atoms with Crippen LogP contribution in [-0.4, -0.2) is 41.3 Å². The molecule has 0 saturated carbocycles. The number of rotatable bonds is 3. The van der Waals surface area contributed by atoms with Gasteiger partial charge >= 0.3 is 11.7 Å². The SMILES string of the molecule is CCOC(=O)C1=CC2=CC=C3C(=O)C([N+](=O)[O-])=CN=C3C2N=C1. The van der Waals surface area contributed by atoms with Crippen molar-refractivity contribution in [2.45, 2.75) is 13.0 Å². The van der Waals surface area contributed by atoms with Gasteiger partial charge in [0, 0.05) is 6.21 Å². The van der Waals surface area contributed by atoms with Crippen molar-refractivity contribution in [3.8, 4) is 0 Å². The number of fused-ring (bicyclic) bond motifs is 3. The van der Waals surface area contributed by atoms with Crippen LogP contribution >= 0.6 is 0 Å². The molecule has 8 nitrogen and oxygen atoms in total. The van der Waals surface area contributed by atoms with Gasteiger partial charge < -0.3 is 4.74 Å². The van der Waals surface area contributed by atoms with Crippen LogP contribution in [0.2, 0.25) is 0 Å². The molecule has 0 spiro atoms. The van der Waals surface area contributed by atoms with Crippen LogP contribution in [0.3, 0.4) is 0 Å². The summed E-state index contributed by atoms with van der Waals surface area (Å²) in [6.07, 6.45) is 6.99. The van der Waals surface area contributed by atoms with Gasteiger partial charge in [0.2, 0.25) is 0 Å². The molecule has 3 aliphatic rings. The molecule has 0 N–H and O–H groups in total. The molecule has 8 heteroatoms. The van der Waals surface area contributed by atoms with E-state index in [4.69, 9.17) is 4.74 Å². The van der Waals surface area contributed by atoms with E-state index in [1.807, 2.05) is 0 Å². The molecule has 1 unspecified atom stereocenters. The highest BCUT2D eigenvalue weighted by Gasteiger charge is 2.38. The van der Waals surface area contributed by atoms with Crippen molar-refractivity contribution in [3.05, 3.63) is 57.0 Å². The minimum Gasteiger partial charge on any atom is -0.462 e. The standard InChI is InChI=1S/C15H11N3O5/c1-2-23-15(20)9-5-8-3-4-10-13(12(8)16-6-9)17-7-11(14(10)19)18(21)22/h3-7,12H,2H2,1H3. The summed E-state index contributed by atoms with van der Waals surface area (Å²) >= 11 is 0. The maximum atomic E-state index is 12.1. The number of hydrogen-bond acceptors (Lipinski definition) is 7. The van der Waals surface area contributed by atoms with E-state index in [2.05, 4.69) is 9.98 Å². The highest BCUT2D eigenvalue weighted by Crippen LogP contribution is 2.29. The lowest BCUT2D eigenvalue weighted by atomic mass is 9.85. The van der Waals surface area contributed by atoms with E-state index in [-0.39, 0.29) is 12.2 Å². The van der Waals surface area contributed by atoms with E-state index in [1.54, 1.807) is 19.1 Å². The van der Waals surface area contributed by atoms with Crippen molar-refractivity contribution in [2.75, 3.05) is 6.61 Å². The lowest BCUT2D eigenvalue weighted by Gasteiger charge is -2.25. The van der Waals surface area contributed by atoms with E-state index in [1.165, 1.54) is 12.3 Å². The normalized spacial score (nSPS) is 21.9. The molecular formula is C15H11N3O5. The lowest BCUT2D eigenvalue weighted by molar-refractivity contribution is -0.418. The van der Waals surface area contributed by atoms with Crippen LogP contribution in [0.15, 0.2) is 56.8 Å². The summed E-state index contributed by atoms with van der Waals surface area (Å²) in [6.45, 7) is 1.96. The third-order valence-corrected chi connectivity index (χ3v) is 3.49. The molecule has 3 rings (SSSR count). The molecule has 1 aliphatic carbocycles. The zero-order chi connectivity index (χ0) is 16.6. The minimum atomic E-state index is -0.758. The highest BCUT2D eigenvalue weighted by molar-refractivity contribution is 6.32. The van der Waals surface area contributed by atoms with Crippen LogP contribution < -0.4 is 0 Å². The Hall–Kier alpha value is -3.16. The number of carbonyl (C=O) groups excluding carboxylic acids is 2. The Morgan fingerprint density at radius 3 is 2.91 bits per heavy atom. The molecule has 0 aromatic carbocycles. The van der Waals surface area contributed by atoms with Crippen LogP contribution in [0.1, 0.15) is 6.92 Å². The Bertz CT molecular complexity index is 811. The maximum absolute atomic E-state index is 12.1. The maximum Gasteiger partial charge on any atom is 0.339 e. The van der Waals surface area contributed by atoms with Gasteiger partial charge in [-0.3, -0.25) is 24.9 Å². The second-order valence-electron chi connectivity index (χ2n) is 4.86. The molecule has 0 fully saturated rings. The molecule has 1 atom stereocenters. The Labute approximate surface area is 130 Å². The number of dihydropyridines is 1. The first kappa shape index (κ1) is 14.8. The van der Waals surface area contributed by atoms with Crippen molar-refractivity contribution >= 4 is 23.7 Å². The molecule has 0 aromatic rings. The first-order chi connectivity index (χ1) is 11.0. The Morgan fingerprint density at radius 1 is 1.43 bits per heavy atom. The molecule has 23 heavy (non-hydrogen) atoms. The molecule has 0 saturated heterocycles. The van der Waals surface area contributed by atoms with Crippen LogP contribution in [0.25, 0.3) is 0 Å². The Morgan fingerprint density at radius 2 is 2.22 bits per heavy atom. The molecular weight excluding hydrogens is 302 g/mol. The molecule has 116 valence electrons. The van der Waals surface area contributed by atoms with Gasteiger partial charge in [-0.25, -0.2) is 4.79 Å². The molecule has 2 heterocycles. The van der Waals surface area contributed by atoms with Crippen molar-refractivity contribution in [2.24, 2.45) is 9.98 Å². The van der Waals surface area contributed by atoms with Crippen molar-refractivity contribution in [3.63, 3.8) is 0 Å². The number of nitrogens with zero attached hydrogens (tertiary/aromatic N) is 3.